The van der Waals surface area contributed by atoms with Gasteiger partial charge in [-0.05, 0) is 42.8 Å². The van der Waals surface area contributed by atoms with Gasteiger partial charge in [-0.25, -0.2) is 8.78 Å². The predicted molar refractivity (Wildman–Crippen MR) is 75.5 cm³/mol. The van der Waals surface area contributed by atoms with Crippen molar-refractivity contribution in [3.05, 3.63) is 63.6 Å². The highest BCUT2D eigenvalue weighted by molar-refractivity contribution is 9.10. The van der Waals surface area contributed by atoms with Crippen molar-refractivity contribution in [2.75, 3.05) is 0 Å². The van der Waals surface area contributed by atoms with Crippen LogP contribution in [0.25, 0.3) is 0 Å². The van der Waals surface area contributed by atoms with E-state index in [1.807, 2.05) is 0 Å². The highest BCUT2D eigenvalue weighted by atomic mass is 79.9. The summed E-state index contributed by atoms with van der Waals surface area (Å²) in [5.41, 5.74) is 0.850. The summed E-state index contributed by atoms with van der Waals surface area (Å²) in [6, 6.07) is 8.67. The smallest absolute Gasteiger partial charge is 0.132 e. The lowest BCUT2D eigenvalue weighted by atomic mass is 10.1. The number of aliphatic hydroxyl groups is 1. The maximum Gasteiger partial charge on any atom is 0.132 e. The molecule has 0 amide bonds. The third-order valence-corrected chi connectivity index (χ3v) is 3.21. The quantitative estimate of drug-likeness (QED) is 0.894. The van der Waals surface area contributed by atoms with Crippen molar-refractivity contribution in [3.63, 3.8) is 0 Å². The summed E-state index contributed by atoms with van der Waals surface area (Å²) in [5.74, 6) is -0.571. The first-order valence-electron chi connectivity index (χ1n) is 6.01. The van der Waals surface area contributed by atoms with Crippen molar-refractivity contribution in [3.8, 4) is 5.75 Å². The first-order chi connectivity index (χ1) is 9.45. The zero-order valence-electron chi connectivity index (χ0n) is 10.7. The van der Waals surface area contributed by atoms with Gasteiger partial charge in [-0.15, -0.1) is 0 Å². The summed E-state index contributed by atoms with van der Waals surface area (Å²) >= 11 is 3.19. The number of aliphatic hydroxyl groups excluding tert-OH is 1. The van der Waals surface area contributed by atoms with Crippen LogP contribution in [0.2, 0.25) is 0 Å². The average molecular weight is 343 g/mol. The fraction of sp³-hybridized carbons (Fsp3) is 0.200. The van der Waals surface area contributed by atoms with Crippen LogP contribution in [0.1, 0.15) is 24.2 Å². The molecule has 1 atom stereocenters. The molecule has 106 valence electrons. The van der Waals surface area contributed by atoms with Crippen LogP contribution in [0.15, 0.2) is 40.9 Å². The number of halogens is 3. The number of benzene rings is 2. The molecule has 0 spiro atoms. The van der Waals surface area contributed by atoms with Gasteiger partial charge in [0, 0.05) is 16.1 Å². The van der Waals surface area contributed by atoms with E-state index in [1.165, 1.54) is 31.2 Å². The fourth-order valence-electron chi connectivity index (χ4n) is 1.80. The molecule has 2 nitrogen and oxygen atoms in total. The molecule has 0 fully saturated rings. The molecule has 2 aromatic rings. The summed E-state index contributed by atoms with van der Waals surface area (Å²) < 4.78 is 32.9. The normalized spacial score (nSPS) is 12.2. The van der Waals surface area contributed by atoms with E-state index >= 15 is 0 Å². The zero-order chi connectivity index (χ0) is 14.7. The minimum absolute atomic E-state index is 0.129. The maximum absolute atomic E-state index is 13.6. The van der Waals surface area contributed by atoms with Gasteiger partial charge >= 0.3 is 0 Å². The second-order valence-corrected chi connectivity index (χ2v) is 5.34. The second kappa shape index (κ2) is 6.33. The Morgan fingerprint density at radius 2 is 1.95 bits per heavy atom. The van der Waals surface area contributed by atoms with E-state index < -0.39 is 11.9 Å². The van der Waals surface area contributed by atoms with Crippen molar-refractivity contribution in [1.29, 1.82) is 0 Å². The summed E-state index contributed by atoms with van der Waals surface area (Å²) in [5, 5.41) is 9.34. The topological polar surface area (TPSA) is 29.5 Å². The van der Waals surface area contributed by atoms with Crippen molar-refractivity contribution >= 4 is 15.9 Å². The molecule has 2 rings (SSSR count). The molecule has 0 unspecified atom stereocenters. The molecule has 5 heteroatoms. The molecule has 0 heterocycles. The molecule has 0 saturated carbocycles. The van der Waals surface area contributed by atoms with Crippen LogP contribution >= 0.6 is 15.9 Å². The highest BCUT2D eigenvalue weighted by Crippen LogP contribution is 2.23. The molecule has 0 aliphatic rings. The number of hydrogen-bond donors (Lipinski definition) is 1. The van der Waals surface area contributed by atoms with Crippen molar-refractivity contribution in [2.45, 2.75) is 19.6 Å². The average Bonchev–Trinajstić information content (AvgIpc) is 2.35. The number of ether oxygens (including phenoxy) is 1. The molecule has 2 aromatic carbocycles. The van der Waals surface area contributed by atoms with Gasteiger partial charge in [-0.1, -0.05) is 15.9 Å². The van der Waals surface area contributed by atoms with Gasteiger partial charge in [-0.2, -0.15) is 0 Å². The lowest BCUT2D eigenvalue weighted by Gasteiger charge is -2.10. The van der Waals surface area contributed by atoms with Crippen LogP contribution in [0, 0.1) is 11.6 Å². The Morgan fingerprint density at radius 3 is 2.55 bits per heavy atom. The van der Waals surface area contributed by atoms with E-state index in [1.54, 1.807) is 12.1 Å². The van der Waals surface area contributed by atoms with Crippen LogP contribution in [-0.2, 0) is 6.61 Å². The Bertz CT molecular complexity index is 595. The van der Waals surface area contributed by atoms with Crippen LogP contribution in [-0.4, -0.2) is 5.11 Å². The molecular weight excluding hydrogens is 330 g/mol. The number of rotatable bonds is 4. The second-order valence-electron chi connectivity index (χ2n) is 4.43. The molecule has 0 saturated heterocycles. The largest absolute Gasteiger partial charge is 0.489 e. The van der Waals surface area contributed by atoms with Gasteiger partial charge in [0.25, 0.3) is 0 Å². The first-order valence-corrected chi connectivity index (χ1v) is 6.80. The van der Waals surface area contributed by atoms with E-state index in [-0.39, 0.29) is 18.0 Å². The van der Waals surface area contributed by atoms with Crippen molar-refractivity contribution < 1.29 is 18.6 Å². The standard InChI is InChI=1S/C15H13BrF2O2/c1-9(19)14-3-2-13(7-15(14)18)20-8-10-4-11(16)6-12(17)5-10/h2-7,9,19H,8H2,1H3/t9-/m0/s1. The monoisotopic (exact) mass is 342 g/mol. The molecule has 0 aliphatic carbocycles. The molecule has 0 bridgehead atoms. The van der Waals surface area contributed by atoms with Crippen LogP contribution in [0.4, 0.5) is 8.78 Å². The Hall–Kier alpha value is -1.46. The van der Waals surface area contributed by atoms with Crippen LogP contribution < -0.4 is 4.74 Å². The van der Waals surface area contributed by atoms with Gasteiger partial charge in [-0.3, -0.25) is 0 Å². The Labute approximate surface area is 124 Å². The zero-order valence-corrected chi connectivity index (χ0v) is 12.3. The van der Waals surface area contributed by atoms with E-state index in [9.17, 15) is 13.9 Å². The van der Waals surface area contributed by atoms with Gasteiger partial charge in [0.15, 0.2) is 0 Å². The Balaban J connectivity index is 2.09. The molecular formula is C15H13BrF2O2. The first kappa shape index (κ1) is 14.9. The third-order valence-electron chi connectivity index (χ3n) is 2.75. The summed E-state index contributed by atoms with van der Waals surface area (Å²) in [6.45, 7) is 1.62. The van der Waals surface area contributed by atoms with Crippen LogP contribution in [0.5, 0.6) is 5.75 Å². The molecule has 0 radical (unpaired) electrons. The predicted octanol–water partition coefficient (Wildman–Crippen LogP) is 4.36. The lowest BCUT2D eigenvalue weighted by molar-refractivity contribution is 0.194. The molecule has 20 heavy (non-hydrogen) atoms. The van der Waals surface area contributed by atoms with Gasteiger partial charge in [0.05, 0.1) is 6.10 Å². The summed E-state index contributed by atoms with van der Waals surface area (Å²) in [7, 11) is 0. The third kappa shape index (κ3) is 3.77. The minimum atomic E-state index is -0.872. The Morgan fingerprint density at radius 1 is 1.20 bits per heavy atom. The van der Waals surface area contributed by atoms with Crippen LogP contribution in [0.3, 0.4) is 0 Å². The SMILES string of the molecule is C[C@H](O)c1ccc(OCc2cc(F)cc(Br)c2)cc1F. The van der Waals surface area contributed by atoms with Gasteiger partial charge in [0.2, 0.25) is 0 Å². The fourth-order valence-corrected chi connectivity index (χ4v) is 2.31. The van der Waals surface area contributed by atoms with E-state index in [0.717, 1.165) is 0 Å². The van der Waals surface area contributed by atoms with Crippen molar-refractivity contribution in [2.24, 2.45) is 0 Å². The van der Waals surface area contributed by atoms with E-state index in [4.69, 9.17) is 4.74 Å². The molecule has 0 aromatic heterocycles. The van der Waals surface area contributed by atoms with E-state index in [0.29, 0.717) is 15.8 Å². The lowest BCUT2D eigenvalue weighted by Crippen LogP contribution is -1.99. The van der Waals surface area contributed by atoms with Gasteiger partial charge < -0.3 is 9.84 Å². The van der Waals surface area contributed by atoms with Crippen molar-refractivity contribution in [1.82, 2.24) is 0 Å². The molecule has 0 aliphatic heterocycles. The maximum atomic E-state index is 13.6. The minimum Gasteiger partial charge on any atom is -0.489 e. The number of hydrogen-bond acceptors (Lipinski definition) is 2. The van der Waals surface area contributed by atoms with Gasteiger partial charge in [0.1, 0.15) is 24.0 Å². The van der Waals surface area contributed by atoms with E-state index in [2.05, 4.69) is 15.9 Å². The summed E-state index contributed by atoms with van der Waals surface area (Å²) in [4.78, 5) is 0. The Kier molecular flexibility index (Phi) is 4.73. The molecule has 1 N–H and O–H groups in total. The highest BCUT2D eigenvalue weighted by Gasteiger charge is 2.09. The summed E-state index contributed by atoms with van der Waals surface area (Å²) in [6.07, 6.45) is -0.872.